The molecule has 9 nitrogen and oxygen atoms in total. The van der Waals surface area contributed by atoms with Gasteiger partial charge >= 0.3 is 6.08 Å². The van der Waals surface area contributed by atoms with E-state index in [0.717, 1.165) is 43.4 Å². The molecule has 1 heterocycles. The van der Waals surface area contributed by atoms with Gasteiger partial charge in [-0.2, -0.15) is 4.98 Å². The van der Waals surface area contributed by atoms with Gasteiger partial charge in [0.05, 0.1) is 12.3 Å². The predicted octanol–water partition coefficient (Wildman–Crippen LogP) is 4.45. The second-order valence-electron chi connectivity index (χ2n) is 7.70. The van der Waals surface area contributed by atoms with E-state index in [1.54, 1.807) is 10.8 Å². The molecule has 0 spiro atoms. The Morgan fingerprint density at radius 3 is 2.43 bits per heavy atom. The quantitative estimate of drug-likeness (QED) is 0.416. The molecule has 3 aromatic rings. The van der Waals surface area contributed by atoms with Crippen molar-refractivity contribution < 1.29 is 31.1 Å². The molecular weight excluding hydrogens is 482 g/mol. The number of hydrogen-bond acceptors (Lipinski definition) is 7. The minimum atomic E-state index is -3.87. The number of hydrogen-bond donors (Lipinski definition) is 2. The largest absolute Gasteiger partial charge is 0.416 e. The van der Waals surface area contributed by atoms with Gasteiger partial charge in [-0.05, 0) is 50.6 Å². The Balaban J connectivity index is 1.69. The molecule has 2 aromatic carbocycles. The average Bonchev–Trinajstić information content (AvgIpc) is 3.25. The van der Waals surface area contributed by atoms with Crippen LogP contribution in [0.15, 0.2) is 47.1 Å². The molecule has 188 valence electrons. The first-order chi connectivity index (χ1) is 16.5. The molecule has 0 aliphatic rings. The first kappa shape index (κ1) is 25.9. The van der Waals surface area contributed by atoms with E-state index in [9.17, 15) is 22.0 Å². The van der Waals surface area contributed by atoms with Crippen molar-refractivity contribution in [1.29, 1.82) is 0 Å². The highest BCUT2D eigenvalue weighted by molar-refractivity contribution is 7.92. The van der Waals surface area contributed by atoms with E-state index in [-0.39, 0.29) is 17.3 Å². The molecule has 0 bridgehead atoms. The number of benzene rings is 2. The van der Waals surface area contributed by atoms with Crippen LogP contribution in [0, 0.1) is 11.6 Å². The summed E-state index contributed by atoms with van der Waals surface area (Å²) in [5.41, 5.74) is 0.157. The maximum absolute atomic E-state index is 14.3. The van der Waals surface area contributed by atoms with Gasteiger partial charge in [-0.1, -0.05) is 6.07 Å². The first-order valence-electron chi connectivity index (χ1n) is 10.8. The highest BCUT2D eigenvalue weighted by Gasteiger charge is 2.20. The smallest absolute Gasteiger partial charge is 0.399 e. The summed E-state index contributed by atoms with van der Waals surface area (Å²) in [7, 11) is -3.87. The summed E-state index contributed by atoms with van der Waals surface area (Å²) in [6.45, 7) is 7.24. The SMILES string of the molecule is CCN(CC)c1cccc(Oc2nc(C(=O)NC(C)c3cc(F)c(NS(C)(=O)=O)c(F)c3)co2)c1. The number of rotatable bonds is 10. The lowest BCUT2D eigenvalue weighted by atomic mass is 10.1. The maximum atomic E-state index is 14.3. The molecule has 0 radical (unpaired) electrons. The fourth-order valence-electron chi connectivity index (χ4n) is 3.32. The van der Waals surface area contributed by atoms with Crippen LogP contribution < -0.4 is 19.7 Å². The summed E-state index contributed by atoms with van der Waals surface area (Å²) in [5.74, 6) is -2.41. The summed E-state index contributed by atoms with van der Waals surface area (Å²) in [4.78, 5) is 18.7. The van der Waals surface area contributed by atoms with Gasteiger partial charge in [0, 0.05) is 24.8 Å². The molecule has 1 atom stereocenters. The van der Waals surface area contributed by atoms with E-state index in [0.29, 0.717) is 5.75 Å². The number of aromatic nitrogens is 1. The first-order valence-corrected chi connectivity index (χ1v) is 12.7. The monoisotopic (exact) mass is 508 g/mol. The maximum Gasteiger partial charge on any atom is 0.399 e. The van der Waals surface area contributed by atoms with Gasteiger partial charge in [0.1, 0.15) is 17.7 Å². The van der Waals surface area contributed by atoms with Gasteiger partial charge in [-0.15, -0.1) is 0 Å². The lowest BCUT2D eigenvalue weighted by Crippen LogP contribution is -2.27. The van der Waals surface area contributed by atoms with Crippen molar-refractivity contribution in [2.45, 2.75) is 26.8 Å². The zero-order valence-corrected chi connectivity index (χ0v) is 20.4. The Hall–Kier alpha value is -3.67. The molecule has 35 heavy (non-hydrogen) atoms. The van der Waals surface area contributed by atoms with Crippen molar-refractivity contribution in [3.05, 3.63) is 65.6 Å². The van der Waals surface area contributed by atoms with E-state index in [1.807, 2.05) is 32.0 Å². The van der Waals surface area contributed by atoms with E-state index in [1.165, 1.54) is 6.92 Å². The van der Waals surface area contributed by atoms with Crippen LogP contribution in [0.2, 0.25) is 0 Å². The van der Waals surface area contributed by atoms with Crippen LogP contribution >= 0.6 is 0 Å². The fraction of sp³-hybridized carbons (Fsp3) is 0.304. The summed E-state index contributed by atoms with van der Waals surface area (Å²) >= 11 is 0. The Labute approximate surface area is 202 Å². The number of oxazole rings is 1. The predicted molar refractivity (Wildman–Crippen MR) is 127 cm³/mol. The fourth-order valence-corrected chi connectivity index (χ4v) is 3.89. The molecule has 0 saturated heterocycles. The van der Waals surface area contributed by atoms with E-state index < -0.39 is 39.3 Å². The van der Waals surface area contributed by atoms with Crippen LogP contribution in [0.25, 0.3) is 0 Å². The third kappa shape index (κ3) is 6.69. The summed E-state index contributed by atoms with van der Waals surface area (Å²) < 4.78 is 63.8. The molecule has 0 saturated carbocycles. The van der Waals surface area contributed by atoms with Crippen molar-refractivity contribution in [2.24, 2.45) is 0 Å². The molecule has 0 aliphatic carbocycles. The summed E-state index contributed by atoms with van der Waals surface area (Å²) in [6.07, 6.45) is 1.74. The molecule has 3 rings (SSSR count). The molecule has 2 N–H and O–H groups in total. The Morgan fingerprint density at radius 1 is 1.17 bits per heavy atom. The van der Waals surface area contributed by atoms with Crippen molar-refractivity contribution in [2.75, 3.05) is 29.0 Å². The van der Waals surface area contributed by atoms with Crippen molar-refractivity contribution >= 4 is 27.3 Å². The van der Waals surface area contributed by atoms with Gasteiger partial charge in [-0.3, -0.25) is 9.52 Å². The van der Waals surface area contributed by atoms with Crippen LogP contribution in [-0.4, -0.2) is 38.7 Å². The molecule has 12 heteroatoms. The summed E-state index contributed by atoms with van der Waals surface area (Å²) in [5, 5.41) is 2.56. The van der Waals surface area contributed by atoms with E-state index >= 15 is 0 Å². The number of carbonyl (C=O) groups excluding carboxylic acids is 1. The number of carbonyl (C=O) groups is 1. The molecule has 1 amide bonds. The zero-order chi connectivity index (χ0) is 25.8. The lowest BCUT2D eigenvalue weighted by Gasteiger charge is -2.21. The van der Waals surface area contributed by atoms with Crippen LogP contribution in [0.1, 0.15) is 42.9 Å². The molecule has 1 unspecified atom stereocenters. The van der Waals surface area contributed by atoms with E-state index in [4.69, 9.17) is 9.15 Å². The van der Waals surface area contributed by atoms with Crippen molar-refractivity contribution in [3.63, 3.8) is 0 Å². The van der Waals surface area contributed by atoms with Gasteiger partial charge < -0.3 is 19.4 Å². The molecule has 0 aliphatic heterocycles. The van der Waals surface area contributed by atoms with Crippen molar-refractivity contribution in [3.8, 4) is 11.8 Å². The second kappa shape index (κ2) is 10.7. The topological polar surface area (TPSA) is 114 Å². The molecule has 1 aromatic heterocycles. The van der Waals surface area contributed by atoms with Gasteiger partial charge in [0.15, 0.2) is 17.3 Å². The third-order valence-corrected chi connectivity index (χ3v) is 5.64. The number of halogens is 2. The van der Waals surface area contributed by atoms with Gasteiger partial charge in [-0.25, -0.2) is 17.2 Å². The Morgan fingerprint density at radius 2 is 1.83 bits per heavy atom. The average molecular weight is 509 g/mol. The standard InChI is InChI=1S/C23H26F2N4O5S/c1-5-29(6-2)16-8-7-9-17(12-16)34-23-27-20(13-33-23)22(30)26-14(3)15-10-18(24)21(19(25)11-15)28-35(4,31)32/h7-14,28H,5-6H2,1-4H3,(H,26,30). The van der Waals surface area contributed by atoms with Crippen LogP contribution in [0.5, 0.6) is 11.8 Å². The number of nitrogens with one attached hydrogen (secondary N) is 2. The van der Waals surface area contributed by atoms with E-state index in [2.05, 4.69) is 15.2 Å². The third-order valence-electron chi connectivity index (χ3n) is 5.07. The normalized spacial score (nSPS) is 12.2. The minimum Gasteiger partial charge on any atom is -0.416 e. The minimum absolute atomic E-state index is 0.0839. The van der Waals surface area contributed by atoms with Crippen LogP contribution in [0.4, 0.5) is 20.2 Å². The zero-order valence-electron chi connectivity index (χ0n) is 19.6. The number of sulfonamides is 1. The highest BCUT2D eigenvalue weighted by Crippen LogP contribution is 2.27. The molecule has 0 fully saturated rings. The van der Waals surface area contributed by atoms with Gasteiger partial charge in [0.25, 0.3) is 5.91 Å². The second-order valence-corrected chi connectivity index (χ2v) is 9.45. The number of ether oxygens (including phenoxy) is 1. The number of nitrogens with zero attached hydrogens (tertiary/aromatic N) is 2. The van der Waals surface area contributed by atoms with Crippen molar-refractivity contribution in [1.82, 2.24) is 10.3 Å². The number of amides is 1. The summed E-state index contributed by atoms with van der Waals surface area (Å²) in [6, 6.07) is 8.37. The van der Waals surface area contributed by atoms with Gasteiger partial charge in [0.2, 0.25) is 10.0 Å². The highest BCUT2D eigenvalue weighted by atomic mass is 32.2. The Bertz CT molecular complexity index is 1290. The lowest BCUT2D eigenvalue weighted by molar-refractivity contribution is 0.0934. The van der Waals surface area contributed by atoms with Crippen LogP contribution in [-0.2, 0) is 10.0 Å². The van der Waals surface area contributed by atoms with Crippen LogP contribution in [0.3, 0.4) is 0 Å². The molecular formula is C23H26F2N4O5S. The number of anilines is 2. The Kier molecular flexibility index (Phi) is 7.95.